The van der Waals surface area contributed by atoms with E-state index in [1.165, 1.54) is 0 Å². The molecular weight excluding hydrogens is 378 g/mol. The van der Waals surface area contributed by atoms with E-state index < -0.39 is 0 Å². The van der Waals surface area contributed by atoms with E-state index in [1.54, 1.807) is 0 Å². The molecule has 0 spiro atoms. The first-order chi connectivity index (χ1) is 10.5. The lowest BCUT2D eigenvalue weighted by molar-refractivity contribution is 0.186. The molecule has 126 valence electrons. The van der Waals surface area contributed by atoms with E-state index in [1.807, 2.05) is 62.4 Å². The van der Waals surface area contributed by atoms with Gasteiger partial charge in [0.05, 0.1) is 6.61 Å². The molecule has 0 aliphatic heterocycles. The van der Waals surface area contributed by atoms with Crippen molar-refractivity contribution in [3.63, 3.8) is 0 Å². The van der Waals surface area contributed by atoms with Gasteiger partial charge in [0.1, 0.15) is 12.4 Å². The molecule has 0 aromatic heterocycles. The third kappa shape index (κ3) is 6.51. The van der Waals surface area contributed by atoms with Crippen molar-refractivity contribution in [2.24, 2.45) is 0 Å². The average molecular weight is 401 g/mol. The van der Waals surface area contributed by atoms with Crippen LogP contribution in [-0.4, -0.2) is 17.3 Å². The van der Waals surface area contributed by atoms with Crippen LogP contribution in [0, 0.1) is 0 Å². The number of rotatable bonds is 7. The van der Waals surface area contributed by atoms with Crippen LogP contribution in [0.25, 0.3) is 0 Å². The topological polar surface area (TPSA) is 41.5 Å². The molecule has 0 atom stereocenters. The standard InChI is InChI=1S/C18H22BrNO2.ClH/c1-18(2,13-21)20-11-15-10-16(19)8-9-17(15)22-12-14-6-4-3-5-7-14;/h3-10,20-21H,11-13H2,1-2H3;1H. The first kappa shape index (κ1) is 20.0. The van der Waals surface area contributed by atoms with Crippen LogP contribution in [0.1, 0.15) is 25.0 Å². The molecule has 0 saturated carbocycles. The van der Waals surface area contributed by atoms with Crippen LogP contribution in [-0.2, 0) is 13.2 Å². The van der Waals surface area contributed by atoms with Crippen LogP contribution in [0.3, 0.4) is 0 Å². The Labute approximate surface area is 152 Å². The smallest absolute Gasteiger partial charge is 0.124 e. The van der Waals surface area contributed by atoms with Crippen molar-refractivity contribution >= 4 is 28.3 Å². The molecule has 0 radical (unpaired) electrons. The largest absolute Gasteiger partial charge is 0.489 e. The quantitative estimate of drug-likeness (QED) is 0.727. The van der Waals surface area contributed by atoms with E-state index in [0.29, 0.717) is 13.2 Å². The minimum Gasteiger partial charge on any atom is -0.489 e. The molecule has 0 amide bonds. The summed E-state index contributed by atoms with van der Waals surface area (Å²) in [5, 5.41) is 12.7. The van der Waals surface area contributed by atoms with Crippen molar-refractivity contribution in [3.8, 4) is 5.75 Å². The van der Waals surface area contributed by atoms with Crippen molar-refractivity contribution in [2.45, 2.75) is 32.5 Å². The third-order valence-corrected chi connectivity index (χ3v) is 3.91. The normalized spacial score (nSPS) is 11.0. The van der Waals surface area contributed by atoms with Gasteiger partial charge in [-0.2, -0.15) is 0 Å². The maximum Gasteiger partial charge on any atom is 0.124 e. The number of ether oxygens (including phenoxy) is 1. The fourth-order valence-corrected chi connectivity index (χ4v) is 2.36. The van der Waals surface area contributed by atoms with Gasteiger partial charge in [-0.25, -0.2) is 0 Å². The zero-order valence-corrected chi connectivity index (χ0v) is 15.8. The molecule has 2 aromatic carbocycles. The number of hydrogen-bond acceptors (Lipinski definition) is 3. The molecule has 0 bridgehead atoms. The molecule has 0 fully saturated rings. The number of nitrogens with one attached hydrogen (secondary N) is 1. The summed E-state index contributed by atoms with van der Waals surface area (Å²) in [7, 11) is 0. The van der Waals surface area contributed by atoms with E-state index in [-0.39, 0.29) is 24.6 Å². The summed E-state index contributed by atoms with van der Waals surface area (Å²) in [6, 6.07) is 16.1. The molecule has 0 unspecified atom stereocenters. The molecule has 3 nitrogen and oxygen atoms in total. The maximum absolute atomic E-state index is 9.34. The van der Waals surface area contributed by atoms with Gasteiger partial charge in [-0.05, 0) is 37.6 Å². The van der Waals surface area contributed by atoms with E-state index >= 15 is 0 Å². The van der Waals surface area contributed by atoms with Crippen molar-refractivity contribution in [1.82, 2.24) is 5.32 Å². The second-order valence-electron chi connectivity index (χ2n) is 5.92. The van der Waals surface area contributed by atoms with Gasteiger partial charge < -0.3 is 15.2 Å². The summed E-state index contributed by atoms with van der Waals surface area (Å²) in [6.45, 7) is 5.20. The van der Waals surface area contributed by atoms with E-state index in [2.05, 4.69) is 21.2 Å². The maximum atomic E-state index is 9.34. The monoisotopic (exact) mass is 399 g/mol. The van der Waals surface area contributed by atoms with Gasteiger partial charge in [-0.1, -0.05) is 46.3 Å². The zero-order chi connectivity index (χ0) is 16.0. The Balaban J connectivity index is 0.00000264. The molecule has 0 saturated heterocycles. The van der Waals surface area contributed by atoms with Crippen molar-refractivity contribution < 1.29 is 9.84 Å². The Morgan fingerprint density at radius 3 is 2.48 bits per heavy atom. The van der Waals surface area contributed by atoms with E-state index in [0.717, 1.165) is 21.3 Å². The van der Waals surface area contributed by atoms with Gasteiger partial charge in [0.15, 0.2) is 0 Å². The Bertz CT molecular complexity index is 605. The first-order valence-electron chi connectivity index (χ1n) is 7.31. The molecule has 0 aliphatic carbocycles. The number of benzene rings is 2. The van der Waals surface area contributed by atoms with Crippen LogP contribution in [0.5, 0.6) is 5.75 Å². The molecule has 0 aliphatic rings. The number of halogens is 2. The zero-order valence-electron chi connectivity index (χ0n) is 13.4. The fraction of sp³-hybridized carbons (Fsp3) is 0.333. The SMILES string of the molecule is CC(C)(CO)NCc1cc(Br)ccc1OCc1ccccc1.Cl. The molecular formula is C18H23BrClNO2. The molecule has 2 aromatic rings. The Hall–Kier alpha value is -1.07. The van der Waals surface area contributed by atoms with Gasteiger partial charge in [0.2, 0.25) is 0 Å². The highest BCUT2D eigenvalue weighted by Gasteiger charge is 2.16. The molecule has 5 heteroatoms. The second kappa shape index (κ2) is 9.28. The van der Waals surface area contributed by atoms with Gasteiger partial charge >= 0.3 is 0 Å². The number of aliphatic hydroxyl groups is 1. The van der Waals surface area contributed by atoms with E-state index in [9.17, 15) is 5.11 Å². The highest BCUT2D eigenvalue weighted by atomic mass is 79.9. The van der Waals surface area contributed by atoms with Gasteiger partial charge in [-0.3, -0.25) is 0 Å². The van der Waals surface area contributed by atoms with Gasteiger partial charge in [-0.15, -0.1) is 12.4 Å². The lowest BCUT2D eigenvalue weighted by atomic mass is 10.1. The minimum absolute atomic E-state index is 0. The Morgan fingerprint density at radius 2 is 1.83 bits per heavy atom. The number of hydrogen-bond donors (Lipinski definition) is 2. The summed E-state index contributed by atoms with van der Waals surface area (Å²) in [5.74, 6) is 0.855. The lowest BCUT2D eigenvalue weighted by Crippen LogP contribution is -2.42. The average Bonchev–Trinajstić information content (AvgIpc) is 2.53. The van der Waals surface area contributed by atoms with Crippen LogP contribution < -0.4 is 10.1 Å². The van der Waals surface area contributed by atoms with Crippen LogP contribution in [0.4, 0.5) is 0 Å². The lowest BCUT2D eigenvalue weighted by Gasteiger charge is -2.24. The number of aliphatic hydroxyl groups excluding tert-OH is 1. The first-order valence-corrected chi connectivity index (χ1v) is 8.10. The molecule has 2 rings (SSSR count). The minimum atomic E-state index is -0.320. The molecule has 0 heterocycles. The highest BCUT2D eigenvalue weighted by molar-refractivity contribution is 9.10. The van der Waals surface area contributed by atoms with Crippen LogP contribution in [0.2, 0.25) is 0 Å². The summed E-state index contributed by atoms with van der Waals surface area (Å²) >= 11 is 3.50. The predicted octanol–water partition coefficient (Wildman–Crippen LogP) is 4.31. The summed E-state index contributed by atoms with van der Waals surface area (Å²) in [5.41, 5.74) is 1.88. The molecule has 2 N–H and O–H groups in total. The van der Waals surface area contributed by atoms with Gasteiger partial charge in [0.25, 0.3) is 0 Å². The summed E-state index contributed by atoms with van der Waals surface area (Å²) in [4.78, 5) is 0. The molecule has 23 heavy (non-hydrogen) atoms. The summed E-state index contributed by atoms with van der Waals surface area (Å²) < 4.78 is 6.97. The summed E-state index contributed by atoms with van der Waals surface area (Å²) in [6.07, 6.45) is 0. The second-order valence-corrected chi connectivity index (χ2v) is 6.84. The predicted molar refractivity (Wildman–Crippen MR) is 100 cm³/mol. The van der Waals surface area contributed by atoms with Crippen LogP contribution >= 0.6 is 28.3 Å². The van der Waals surface area contributed by atoms with Crippen molar-refractivity contribution in [1.29, 1.82) is 0 Å². The van der Waals surface area contributed by atoms with Crippen molar-refractivity contribution in [3.05, 3.63) is 64.1 Å². The van der Waals surface area contributed by atoms with Crippen molar-refractivity contribution in [2.75, 3.05) is 6.61 Å². The highest BCUT2D eigenvalue weighted by Crippen LogP contribution is 2.24. The Kier molecular flexibility index (Phi) is 8.06. The Morgan fingerprint density at radius 1 is 1.13 bits per heavy atom. The fourth-order valence-electron chi connectivity index (χ4n) is 1.95. The van der Waals surface area contributed by atoms with Gasteiger partial charge in [0, 0.05) is 22.1 Å². The third-order valence-electron chi connectivity index (χ3n) is 3.41. The van der Waals surface area contributed by atoms with E-state index in [4.69, 9.17) is 4.74 Å². The van der Waals surface area contributed by atoms with Crippen LogP contribution in [0.15, 0.2) is 53.0 Å².